The van der Waals surface area contributed by atoms with Crippen molar-refractivity contribution in [3.05, 3.63) is 35.1 Å². The molecule has 1 atom stereocenters. The molecule has 0 saturated heterocycles. The van der Waals surface area contributed by atoms with Gasteiger partial charge in [0.25, 0.3) is 0 Å². The van der Waals surface area contributed by atoms with Crippen LogP contribution < -0.4 is 5.32 Å². The minimum atomic E-state index is -0.175. The Labute approximate surface area is 90.1 Å². The van der Waals surface area contributed by atoms with Crippen molar-refractivity contribution in [1.82, 2.24) is 5.32 Å². The number of hydrogen-bond acceptors (Lipinski definition) is 2. The van der Waals surface area contributed by atoms with Gasteiger partial charge in [-0.2, -0.15) is 0 Å². The third-order valence-corrected chi connectivity index (χ3v) is 2.54. The van der Waals surface area contributed by atoms with Crippen molar-refractivity contribution in [3.8, 4) is 0 Å². The van der Waals surface area contributed by atoms with E-state index in [0.717, 1.165) is 12.0 Å². The van der Waals surface area contributed by atoms with Crippen LogP contribution in [0.3, 0.4) is 0 Å². The van der Waals surface area contributed by atoms with Crippen molar-refractivity contribution < 1.29 is 9.50 Å². The molecule has 0 saturated carbocycles. The molecule has 3 heteroatoms. The summed E-state index contributed by atoms with van der Waals surface area (Å²) in [7, 11) is 0. The lowest BCUT2D eigenvalue weighted by molar-refractivity contribution is 0.238. The molecule has 15 heavy (non-hydrogen) atoms. The highest BCUT2D eigenvalue weighted by Gasteiger charge is 2.04. The third-order valence-electron chi connectivity index (χ3n) is 2.54. The van der Waals surface area contributed by atoms with Crippen molar-refractivity contribution >= 4 is 0 Å². The van der Waals surface area contributed by atoms with Crippen molar-refractivity contribution in [3.63, 3.8) is 0 Å². The van der Waals surface area contributed by atoms with Gasteiger partial charge in [0.05, 0.1) is 6.61 Å². The molecule has 0 unspecified atom stereocenters. The summed E-state index contributed by atoms with van der Waals surface area (Å²) in [6.45, 7) is 4.46. The minimum Gasteiger partial charge on any atom is -0.395 e. The van der Waals surface area contributed by atoms with Crippen molar-refractivity contribution in [1.29, 1.82) is 0 Å². The molecule has 0 aliphatic heterocycles. The standard InChI is InChI=1S/C12H18FNO/c1-3-11(8-15)14-7-10-5-4-9(2)12(13)6-10/h4-6,11,14-15H,3,7-8H2,1-2H3/t11-/m1/s1. The van der Waals surface area contributed by atoms with E-state index in [9.17, 15) is 4.39 Å². The van der Waals surface area contributed by atoms with Gasteiger partial charge in [-0.25, -0.2) is 4.39 Å². The molecule has 0 amide bonds. The van der Waals surface area contributed by atoms with E-state index >= 15 is 0 Å². The van der Waals surface area contributed by atoms with E-state index in [1.165, 1.54) is 6.07 Å². The first-order chi connectivity index (χ1) is 7.17. The number of halogens is 1. The van der Waals surface area contributed by atoms with Gasteiger partial charge in [-0.15, -0.1) is 0 Å². The summed E-state index contributed by atoms with van der Waals surface area (Å²) in [5, 5.41) is 12.1. The molecular formula is C12H18FNO. The first kappa shape index (κ1) is 12.1. The first-order valence-electron chi connectivity index (χ1n) is 5.26. The van der Waals surface area contributed by atoms with Gasteiger partial charge >= 0.3 is 0 Å². The number of aliphatic hydroxyl groups is 1. The molecule has 1 rings (SSSR count). The van der Waals surface area contributed by atoms with Gasteiger partial charge in [-0.05, 0) is 30.5 Å². The molecule has 1 aromatic rings. The Morgan fingerprint density at radius 1 is 1.47 bits per heavy atom. The minimum absolute atomic E-state index is 0.0920. The summed E-state index contributed by atoms with van der Waals surface area (Å²) in [6, 6.07) is 5.29. The Balaban J connectivity index is 2.54. The topological polar surface area (TPSA) is 32.3 Å². The quantitative estimate of drug-likeness (QED) is 0.780. The summed E-state index contributed by atoms with van der Waals surface area (Å²) in [5.41, 5.74) is 1.57. The van der Waals surface area contributed by atoms with E-state index < -0.39 is 0 Å². The molecule has 0 fully saturated rings. The third kappa shape index (κ3) is 3.61. The van der Waals surface area contributed by atoms with Crippen LogP contribution in [0.1, 0.15) is 24.5 Å². The number of rotatable bonds is 5. The van der Waals surface area contributed by atoms with Crippen LogP contribution >= 0.6 is 0 Å². The Morgan fingerprint density at radius 3 is 2.73 bits per heavy atom. The van der Waals surface area contributed by atoms with Gasteiger partial charge in [0.15, 0.2) is 0 Å². The lowest BCUT2D eigenvalue weighted by Crippen LogP contribution is -2.31. The molecule has 0 radical (unpaired) electrons. The van der Waals surface area contributed by atoms with Crippen molar-refractivity contribution in [2.45, 2.75) is 32.9 Å². The summed E-state index contributed by atoms with van der Waals surface area (Å²) in [5.74, 6) is -0.175. The largest absolute Gasteiger partial charge is 0.395 e. The highest BCUT2D eigenvalue weighted by Crippen LogP contribution is 2.09. The molecule has 2 nitrogen and oxygen atoms in total. The number of aryl methyl sites for hydroxylation is 1. The van der Waals surface area contributed by atoms with Gasteiger partial charge in [-0.1, -0.05) is 19.1 Å². The summed E-state index contributed by atoms with van der Waals surface area (Å²) >= 11 is 0. The molecule has 1 aromatic carbocycles. The first-order valence-corrected chi connectivity index (χ1v) is 5.26. The molecule has 2 N–H and O–H groups in total. The fraction of sp³-hybridized carbons (Fsp3) is 0.500. The Bertz CT molecular complexity index is 310. The van der Waals surface area contributed by atoms with Crippen LogP contribution in [0.2, 0.25) is 0 Å². The zero-order valence-corrected chi connectivity index (χ0v) is 9.26. The van der Waals surface area contributed by atoms with Gasteiger partial charge in [-0.3, -0.25) is 0 Å². The highest BCUT2D eigenvalue weighted by atomic mass is 19.1. The smallest absolute Gasteiger partial charge is 0.126 e. The van der Waals surface area contributed by atoms with E-state index in [-0.39, 0.29) is 18.5 Å². The van der Waals surface area contributed by atoms with Crippen LogP contribution in [-0.2, 0) is 6.54 Å². The predicted molar refractivity (Wildman–Crippen MR) is 59.1 cm³/mol. The van der Waals surface area contributed by atoms with Gasteiger partial charge in [0, 0.05) is 12.6 Å². The van der Waals surface area contributed by atoms with E-state index in [1.54, 1.807) is 13.0 Å². The zero-order chi connectivity index (χ0) is 11.3. The molecule has 0 bridgehead atoms. The summed E-state index contributed by atoms with van der Waals surface area (Å²) in [4.78, 5) is 0. The van der Waals surface area contributed by atoms with Gasteiger partial charge < -0.3 is 10.4 Å². The Hall–Kier alpha value is -0.930. The summed E-state index contributed by atoms with van der Waals surface area (Å²) in [6.07, 6.45) is 0.866. The second-order valence-corrected chi connectivity index (χ2v) is 3.75. The van der Waals surface area contributed by atoms with Crippen LogP contribution in [0.4, 0.5) is 4.39 Å². The summed E-state index contributed by atoms with van der Waals surface area (Å²) < 4.78 is 13.2. The number of nitrogens with one attached hydrogen (secondary N) is 1. The SMILES string of the molecule is CC[C@H](CO)NCc1ccc(C)c(F)c1. The number of hydrogen-bond donors (Lipinski definition) is 2. The fourth-order valence-electron chi connectivity index (χ4n) is 1.35. The van der Waals surface area contributed by atoms with E-state index in [1.807, 2.05) is 13.0 Å². The maximum absolute atomic E-state index is 13.2. The fourth-order valence-corrected chi connectivity index (χ4v) is 1.35. The molecule has 0 heterocycles. The second-order valence-electron chi connectivity index (χ2n) is 3.75. The average molecular weight is 211 g/mol. The van der Waals surface area contributed by atoms with Crippen molar-refractivity contribution in [2.75, 3.05) is 6.61 Å². The molecule has 0 aromatic heterocycles. The van der Waals surface area contributed by atoms with E-state index in [0.29, 0.717) is 12.1 Å². The molecule has 0 aliphatic carbocycles. The maximum atomic E-state index is 13.2. The predicted octanol–water partition coefficient (Wildman–Crippen LogP) is 1.99. The Kier molecular flexibility index (Phi) is 4.72. The van der Waals surface area contributed by atoms with Crippen molar-refractivity contribution in [2.24, 2.45) is 0 Å². The Morgan fingerprint density at radius 2 is 2.20 bits per heavy atom. The molecule has 84 valence electrons. The van der Waals surface area contributed by atoms with E-state index in [4.69, 9.17) is 5.11 Å². The zero-order valence-electron chi connectivity index (χ0n) is 9.26. The van der Waals surface area contributed by atoms with E-state index in [2.05, 4.69) is 5.32 Å². The second kappa shape index (κ2) is 5.83. The number of benzene rings is 1. The van der Waals surface area contributed by atoms with Gasteiger partial charge in [0.1, 0.15) is 5.82 Å². The van der Waals surface area contributed by atoms with Crippen LogP contribution in [-0.4, -0.2) is 17.8 Å². The number of aliphatic hydroxyl groups excluding tert-OH is 1. The normalized spacial score (nSPS) is 12.8. The van der Waals surface area contributed by atoms with Crippen LogP contribution in [0.25, 0.3) is 0 Å². The molecular weight excluding hydrogens is 193 g/mol. The van der Waals surface area contributed by atoms with Crippen LogP contribution in [0.15, 0.2) is 18.2 Å². The van der Waals surface area contributed by atoms with Crippen LogP contribution in [0, 0.1) is 12.7 Å². The highest BCUT2D eigenvalue weighted by molar-refractivity contribution is 5.23. The average Bonchev–Trinajstić information content (AvgIpc) is 2.24. The maximum Gasteiger partial charge on any atom is 0.126 e. The molecule has 0 spiro atoms. The van der Waals surface area contributed by atoms with Crippen LogP contribution in [0.5, 0.6) is 0 Å². The lowest BCUT2D eigenvalue weighted by Gasteiger charge is -2.14. The van der Waals surface area contributed by atoms with Gasteiger partial charge in [0.2, 0.25) is 0 Å². The lowest BCUT2D eigenvalue weighted by atomic mass is 10.1. The monoisotopic (exact) mass is 211 g/mol. The molecule has 0 aliphatic rings.